The van der Waals surface area contributed by atoms with Crippen molar-refractivity contribution in [2.75, 3.05) is 5.32 Å². The topological polar surface area (TPSA) is 105 Å². The molecule has 21 heavy (non-hydrogen) atoms. The van der Waals surface area contributed by atoms with Gasteiger partial charge in [0.2, 0.25) is 5.43 Å². The molecular formula is C13H10FN3O4. The van der Waals surface area contributed by atoms with Crippen molar-refractivity contribution >= 4 is 17.3 Å². The second-order valence-corrected chi connectivity index (χ2v) is 4.24. The molecule has 0 aliphatic carbocycles. The Morgan fingerprint density at radius 3 is 2.76 bits per heavy atom. The molecule has 0 saturated heterocycles. The molecule has 7 nitrogen and oxygen atoms in total. The van der Waals surface area contributed by atoms with E-state index in [0.717, 1.165) is 12.1 Å². The second kappa shape index (κ2) is 5.53. The first-order valence-corrected chi connectivity index (χ1v) is 5.83. The minimum atomic E-state index is -0.865. The summed E-state index contributed by atoms with van der Waals surface area (Å²) in [5.74, 6) is -1.68. The molecule has 0 spiro atoms. The number of aromatic nitrogens is 1. The first-order valence-electron chi connectivity index (χ1n) is 5.83. The lowest BCUT2D eigenvalue weighted by Gasteiger charge is -2.06. The van der Waals surface area contributed by atoms with Crippen LogP contribution in [0.25, 0.3) is 0 Å². The standard InChI is InChI=1S/C13H10FN3O4/c1-7-9(14)4-8(5-11(7)17(20)21)13(19)16-10-6-15-3-2-12(10)18/h2-6H,1H3,(H,15,18)(H,16,19). The van der Waals surface area contributed by atoms with Crippen LogP contribution in [-0.4, -0.2) is 15.8 Å². The first-order chi connectivity index (χ1) is 9.90. The van der Waals surface area contributed by atoms with Gasteiger partial charge in [-0.2, -0.15) is 0 Å². The average Bonchev–Trinajstić information content (AvgIpc) is 2.43. The van der Waals surface area contributed by atoms with Crippen LogP contribution in [0.1, 0.15) is 15.9 Å². The quantitative estimate of drug-likeness (QED) is 0.666. The molecule has 1 amide bonds. The maximum Gasteiger partial charge on any atom is 0.276 e. The molecule has 2 N–H and O–H groups in total. The highest BCUT2D eigenvalue weighted by Crippen LogP contribution is 2.23. The van der Waals surface area contributed by atoms with Crippen LogP contribution in [0, 0.1) is 22.9 Å². The van der Waals surface area contributed by atoms with Gasteiger partial charge in [0.1, 0.15) is 11.5 Å². The van der Waals surface area contributed by atoms with Gasteiger partial charge >= 0.3 is 0 Å². The van der Waals surface area contributed by atoms with Crippen LogP contribution in [0.4, 0.5) is 15.8 Å². The number of hydrogen-bond donors (Lipinski definition) is 2. The molecule has 0 radical (unpaired) electrons. The van der Waals surface area contributed by atoms with E-state index in [1.165, 1.54) is 25.4 Å². The van der Waals surface area contributed by atoms with Gasteiger partial charge in [-0.15, -0.1) is 0 Å². The third-order valence-corrected chi connectivity index (χ3v) is 2.85. The fourth-order valence-corrected chi connectivity index (χ4v) is 1.69. The molecule has 108 valence electrons. The maximum atomic E-state index is 13.6. The molecule has 2 rings (SSSR count). The van der Waals surface area contributed by atoms with Crippen LogP contribution in [0.5, 0.6) is 0 Å². The number of H-pyrrole nitrogens is 1. The Morgan fingerprint density at radius 1 is 1.43 bits per heavy atom. The van der Waals surface area contributed by atoms with Crippen LogP contribution in [0.3, 0.4) is 0 Å². The van der Waals surface area contributed by atoms with Crippen LogP contribution in [-0.2, 0) is 0 Å². The lowest BCUT2D eigenvalue weighted by molar-refractivity contribution is -0.385. The van der Waals surface area contributed by atoms with Gasteiger partial charge in [-0.1, -0.05) is 0 Å². The number of rotatable bonds is 3. The summed E-state index contributed by atoms with van der Waals surface area (Å²) in [6.07, 6.45) is 2.65. The Labute approximate surface area is 117 Å². The molecule has 0 unspecified atom stereocenters. The fraction of sp³-hybridized carbons (Fsp3) is 0.0769. The minimum absolute atomic E-state index is 0.0360. The zero-order chi connectivity index (χ0) is 15.6. The highest BCUT2D eigenvalue weighted by Gasteiger charge is 2.19. The van der Waals surface area contributed by atoms with E-state index in [0.29, 0.717) is 0 Å². The first kappa shape index (κ1) is 14.4. The molecule has 1 aromatic carbocycles. The summed E-state index contributed by atoms with van der Waals surface area (Å²) in [7, 11) is 0. The van der Waals surface area contributed by atoms with Crippen molar-refractivity contribution in [1.29, 1.82) is 0 Å². The maximum absolute atomic E-state index is 13.6. The molecule has 1 aromatic heterocycles. The normalized spacial score (nSPS) is 10.2. The molecule has 0 saturated carbocycles. The molecule has 0 fully saturated rings. The van der Waals surface area contributed by atoms with Crippen molar-refractivity contribution in [3.05, 3.63) is 67.9 Å². The third kappa shape index (κ3) is 2.94. The van der Waals surface area contributed by atoms with Crippen molar-refractivity contribution in [1.82, 2.24) is 4.98 Å². The largest absolute Gasteiger partial charge is 0.366 e. The van der Waals surface area contributed by atoms with Crippen LogP contribution < -0.4 is 10.7 Å². The van der Waals surface area contributed by atoms with E-state index in [2.05, 4.69) is 10.3 Å². The molecule has 0 bridgehead atoms. The fourth-order valence-electron chi connectivity index (χ4n) is 1.69. The van der Waals surface area contributed by atoms with Gasteiger partial charge in [-0.3, -0.25) is 19.7 Å². The van der Waals surface area contributed by atoms with Gasteiger partial charge in [0.15, 0.2) is 0 Å². The van der Waals surface area contributed by atoms with Gasteiger partial charge < -0.3 is 10.3 Å². The molecule has 2 aromatic rings. The Kier molecular flexibility index (Phi) is 3.79. The molecular weight excluding hydrogens is 281 g/mol. The summed E-state index contributed by atoms with van der Waals surface area (Å²) >= 11 is 0. The summed E-state index contributed by atoms with van der Waals surface area (Å²) in [6.45, 7) is 1.25. The number of nitro benzene ring substituents is 1. The van der Waals surface area contributed by atoms with Gasteiger partial charge in [-0.05, 0) is 13.0 Å². The number of anilines is 1. The highest BCUT2D eigenvalue weighted by molar-refractivity contribution is 6.04. The number of carbonyl (C=O) groups excluding carboxylic acids is 1. The lowest BCUT2D eigenvalue weighted by Crippen LogP contribution is -2.18. The SMILES string of the molecule is Cc1c(F)cc(C(=O)Nc2c[nH]ccc2=O)cc1[N+](=O)[O-]. The van der Waals surface area contributed by atoms with Gasteiger partial charge in [0, 0.05) is 30.1 Å². The van der Waals surface area contributed by atoms with E-state index in [1.807, 2.05) is 0 Å². The number of pyridine rings is 1. The molecule has 0 aliphatic heterocycles. The van der Waals surface area contributed by atoms with Crippen molar-refractivity contribution in [3.63, 3.8) is 0 Å². The van der Waals surface area contributed by atoms with E-state index < -0.39 is 27.8 Å². The van der Waals surface area contributed by atoms with E-state index in [9.17, 15) is 24.1 Å². The van der Waals surface area contributed by atoms with E-state index in [-0.39, 0.29) is 16.8 Å². The van der Waals surface area contributed by atoms with E-state index in [1.54, 1.807) is 0 Å². The third-order valence-electron chi connectivity index (χ3n) is 2.85. The van der Waals surface area contributed by atoms with Crippen LogP contribution >= 0.6 is 0 Å². The van der Waals surface area contributed by atoms with Crippen molar-refractivity contribution in [2.24, 2.45) is 0 Å². The zero-order valence-corrected chi connectivity index (χ0v) is 10.8. The number of benzene rings is 1. The molecule has 8 heteroatoms. The van der Waals surface area contributed by atoms with E-state index >= 15 is 0 Å². The Balaban J connectivity index is 2.38. The van der Waals surface area contributed by atoms with Gasteiger partial charge in [0.25, 0.3) is 11.6 Å². The summed E-state index contributed by atoms with van der Waals surface area (Å²) in [5.41, 5.74) is -1.38. The van der Waals surface area contributed by atoms with Gasteiger partial charge in [-0.25, -0.2) is 4.39 Å². The number of amides is 1. The monoisotopic (exact) mass is 291 g/mol. The van der Waals surface area contributed by atoms with Crippen molar-refractivity contribution in [2.45, 2.75) is 6.92 Å². The number of aromatic amines is 1. The molecule has 1 heterocycles. The van der Waals surface area contributed by atoms with Crippen LogP contribution in [0.2, 0.25) is 0 Å². The minimum Gasteiger partial charge on any atom is -0.366 e. The molecule has 0 atom stereocenters. The van der Waals surface area contributed by atoms with Gasteiger partial charge in [0.05, 0.1) is 10.5 Å². The summed E-state index contributed by atoms with van der Waals surface area (Å²) in [5, 5.41) is 13.1. The predicted octanol–water partition coefficient (Wildman–Crippen LogP) is 1.98. The van der Waals surface area contributed by atoms with Crippen molar-refractivity contribution in [3.8, 4) is 0 Å². The number of nitro groups is 1. The Bertz CT molecular complexity index is 785. The number of carbonyl (C=O) groups is 1. The summed E-state index contributed by atoms with van der Waals surface area (Å²) < 4.78 is 13.6. The predicted molar refractivity (Wildman–Crippen MR) is 72.8 cm³/mol. The Morgan fingerprint density at radius 2 is 2.14 bits per heavy atom. The molecule has 0 aliphatic rings. The smallest absolute Gasteiger partial charge is 0.276 e. The van der Waals surface area contributed by atoms with Crippen molar-refractivity contribution < 1.29 is 14.1 Å². The summed E-state index contributed by atoms with van der Waals surface area (Å²) in [4.78, 5) is 36.1. The number of halogens is 1. The number of nitrogens with one attached hydrogen (secondary N) is 2. The van der Waals surface area contributed by atoms with Crippen LogP contribution in [0.15, 0.2) is 35.4 Å². The highest BCUT2D eigenvalue weighted by atomic mass is 19.1. The van der Waals surface area contributed by atoms with E-state index in [4.69, 9.17) is 0 Å². The average molecular weight is 291 g/mol. The number of nitrogens with zero attached hydrogens (tertiary/aromatic N) is 1. The lowest BCUT2D eigenvalue weighted by atomic mass is 10.1. The Hall–Kier alpha value is -3.03. The zero-order valence-electron chi connectivity index (χ0n) is 10.8. The summed E-state index contributed by atoms with van der Waals surface area (Å²) in [6, 6.07) is 3.05. The second-order valence-electron chi connectivity index (χ2n) is 4.24. The number of hydrogen-bond acceptors (Lipinski definition) is 4.